The lowest BCUT2D eigenvalue weighted by Crippen LogP contribution is -2.55. The number of rotatable bonds is 8. The summed E-state index contributed by atoms with van der Waals surface area (Å²) in [5.74, 6) is 0.0540. The van der Waals surface area contributed by atoms with Crippen LogP contribution in [0.5, 0.6) is 0 Å². The molecular formula is C19H28F3N3O5. The maximum atomic E-state index is 13.5. The molecule has 1 aromatic carbocycles. The Hall–Kier alpha value is -1.89. The third-order valence-corrected chi connectivity index (χ3v) is 4.94. The van der Waals surface area contributed by atoms with Gasteiger partial charge in [0.2, 0.25) is 0 Å². The number of methoxy groups -OCH3 is 1. The Balaban J connectivity index is 2.41. The highest BCUT2D eigenvalue weighted by molar-refractivity contribution is 5.62. The van der Waals surface area contributed by atoms with Crippen molar-refractivity contribution in [2.24, 2.45) is 17.5 Å². The summed E-state index contributed by atoms with van der Waals surface area (Å²) in [6, 6.07) is 0.623. The van der Waals surface area contributed by atoms with Crippen molar-refractivity contribution < 1.29 is 37.6 Å². The van der Waals surface area contributed by atoms with Crippen molar-refractivity contribution in [3.05, 3.63) is 41.3 Å². The van der Waals surface area contributed by atoms with Gasteiger partial charge >= 0.3 is 0 Å². The van der Waals surface area contributed by atoms with Gasteiger partial charge in [0.1, 0.15) is 6.10 Å². The first kappa shape index (κ1) is 24.4. The molecule has 0 aromatic heterocycles. The number of aliphatic hydroxyl groups is 2. The molecule has 11 heteroatoms. The van der Waals surface area contributed by atoms with Crippen LogP contribution in [0.1, 0.15) is 26.3 Å². The van der Waals surface area contributed by atoms with Crippen LogP contribution in [0.3, 0.4) is 0 Å². The highest BCUT2D eigenvalue weighted by atomic mass is 19.2. The normalized spacial score (nSPS) is 24.5. The van der Waals surface area contributed by atoms with E-state index in [0.717, 1.165) is 17.1 Å². The lowest BCUT2D eigenvalue weighted by atomic mass is 9.90. The lowest BCUT2D eigenvalue weighted by Gasteiger charge is -2.38. The van der Waals surface area contributed by atoms with E-state index >= 15 is 0 Å². The molecule has 1 fully saturated rings. The molecule has 0 amide bonds. The van der Waals surface area contributed by atoms with Crippen LogP contribution in [0.25, 0.3) is 5.70 Å². The van der Waals surface area contributed by atoms with E-state index < -0.39 is 60.3 Å². The van der Waals surface area contributed by atoms with E-state index in [0.29, 0.717) is 0 Å². The van der Waals surface area contributed by atoms with Crippen LogP contribution in [0.15, 0.2) is 18.3 Å². The van der Waals surface area contributed by atoms with Crippen LogP contribution in [0, 0.1) is 23.4 Å². The van der Waals surface area contributed by atoms with Crippen molar-refractivity contribution in [1.29, 1.82) is 0 Å². The Bertz CT molecular complexity index is 757. The fourth-order valence-electron chi connectivity index (χ4n) is 3.35. The molecular weight excluding hydrogens is 407 g/mol. The second-order valence-electron chi connectivity index (χ2n) is 7.59. The predicted octanol–water partition coefficient (Wildman–Crippen LogP) is 1.02. The molecule has 30 heavy (non-hydrogen) atoms. The van der Waals surface area contributed by atoms with Crippen LogP contribution in [0.2, 0.25) is 0 Å². The van der Waals surface area contributed by atoms with Gasteiger partial charge in [0.15, 0.2) is 29.5 Å². The number of halogens is 3. The Morgan fingerprint density at radius 3 is 2.37 bits per heavy atom. The second-order valence-corrected chi connectivity index (χ2v) is 7.59. The number of nitrogens with zero attached hydrogens (tertiary/aromatic N) is 1. The number of benzene rings is 1. The minimum absolute atomic E-state index is 0.136. The fraction of sp³-hybridized carbons (Fsp3) is 0.579. The summed E-state index contributed by atoms with van der Waals surface area (Å²) in [5, 5.41) is 20.7. The third-order valence-electron chi connectivity index (χ3n) is 4.94. The molecule has 0 spiro atoms. The van der Waals surface area contributed by atoms with Crippen molar-refractivity contribution in [2.75, 3.05) is 13.7 Å². The molecule has 1 saturated heterocycles. The van der Waals surface area contributed by atoms with Gasteiger partial charge in [-0.2, -0.15) is 0 Å². The summed E-state index contributed by atoms with van der Waals surface area (Å²) in [4.78, 5) is 0. The molecule has 0 aliphatic carbocycles. The van der Waals surface area contributed by atoms with E-state index in [1.54, 1.807) is 20.8 Å². The van der Waals surface area contributed by atoms with E-state index in [1.165, 1.54) is 13.3 Å². The molecule has 0 radical (unpaired) electrons. The van der Waals surface area contributed by atoms with E-state index in [4.69, 9.17) is 25.8 Å². The van der Waals surface area contributed by atoms with Gasteiger partial charge in [0, 0.05) is 24.8 Å². The van der Waals surface area contributed by atoms with Gasteiger partial charge in [-0.05, 0) is 26.0 Å². The number of ether oxygens (including phenoxy) is 3. The second kappa shape index (κ2) is 9.50. The smallest absolute Gasteiger partial charge is 0.194 e. The topological polar surface area (TPSA) is 123 Å². The van der Waals surface area contributed by atoms with Crippen molar-refractivity contribution in [2.45, 2.75) is 51.1 Å². The Kier molecular flexibility index (Phi) is 7.72. The van der Waals surface area contributed by atoms with Crippen LogP contribution in [-0.4, -0.2) is 59.3 Å². The van der Waals surface area contributed by atoms with Crippen molar-refractivity contribution >= 4 is 5.70 Å². The lowest BCUT2D eigenvalue weighted by molar-refractivity contribution is -0.182. The quantitative estimate of drug-likeness (QED) is 0.271. The first-order chi connectivity index (χ1) is 13.9. The molecule has 1 aliphatic rings. The van der Waals surface area contributed by atoms with E-state index in [-0.39, 0.29) is 11.3 Å². The molecule has 170 valence electrons. The molecule has 2 rings (SSSR count). The average molecular weight is 435 g/mol. The van der Waals surface area contributed by atoms with Gasteiger partial charge in [-0.3, -0.25) is 0 Å². The van der Waals surface area contributed by atoms with Crippen molar-refractivity contribution in [3.63, 3.8) is 0 Å². The first-order valence-electron chi connectivity index (χ1n) is 9.24. The molecule has 6 N–H and O–H groups in total. The number of hydrogen-bond donors (Lipinski definition) is 4. The molecule has 0 saturated carbocycles. The van der Waals surface area contributed by atoms with Gasteiger partial charge in [0.05, 0.1) is 24.4 Å². The maximum absolute atomic E-state index is 13.5. The standard InChI is InChI=1S/C19H28F3N3O5/c1-9(14(27)8-26)16(17-18(28-4)30-19(2,3)29-17)25(24)7-13(23)10-5-11(20)15(22)12(21)6-10/h5-7,9,14,16-18,26-27H,8,23-24H2,1-4H3/b13-7-. The summed E-state index contributed by atoms with van der Waals surface area (Å²) >= 11 is 0. The van der Waals surface area contributed by atoms with E-state index in [1.807, 2.05) is 0 Å². The minimum Gasteiger partial charge on any atom is -0.397 e. The highest BCUT2D eigenvalue weighted by Gasteiger charge is 2.49. The van der Waals surface area contributed by atoms with Crippen molar-refractivity contribution in [1.82, 2.24) is 5.01 Å². The van der Waals surface area contributed by atoms with Gasteiger partial charge in [0.25, 0.3) is 0 Å². The summed E-state index contributed by atoms with van der Waals surface area (Å²) in [6.45, 7) is 4.40. The third kappa shape index (κ3) is 5.23. The average Bonchev–Trinajstić information content (AvgIpc) is 2.99. The molecule has 1 aromatic rings. The van der Waals surface area contributed by atoms with Gasteiger partial charge in [-0.25, -0.2) is 19.0 Å². The molecule has 0 bridgehead atoms. The molecule has 1 heterocycles. The van der Waals surface area contributed by atoms with Gasteiger partial charge < -0.3 is 35.2 Å². The molecule has 5 unspecified atom stereocenters. The van der Waals surface area contributed by atoms with Crippen LogP contribution in [0.4, 0.5) is 13.2 Å². The molecule has 1 aliphatic heterocycles. The number of hydrogen-bond acceptors (Lipinski definition) is 8. The minimum atomic E-state index is -1.62. The van der Waals surface area contributed by atoms with Gasteiger partial charge in [-0.1, -0.05) is 6.92 Å². The Morgan fingerprint density at radius 2 is 1.87 bits per heavy atom. The van der Waals surface area contributed by atoms with E-state index in [9.17, 15) is 23.4 Å². The Labute approximate surface area is 172 Å². The Morgan fingerprint density at radius 1 is 1.30 bits per heavy atom. The highest BCUT2D eigenvalue weighted by Crippen LogP contribution is 2.35. The number of hydrazine groups is 1. The zero-order valence-corrected chi connectivity index (χ0v) is 17.2. The number of nitrogens with two attached hydrogens (primary N) is 2. The fourth-order valence-corrected chi connectivity index (χ4v) is 3.35. The maximum Gasteiger partial charge on any atom is 0.194 e. The number of aliphatic hydroxyl groups excluding tert-OH is 2. The van der Waals surface area contributed by atoms with Gasteiger partial charge in [-0.15, -0.1) is 0 Å². The zero-order valence-electron chi connectivity index (χ0n) is 17.2. The SMILES string of the molecule is COC1OC(C)(C)OC1C(C(C)C(O)CO)N(N)/C=C(\N)c1cc(F)c(F)c(F)c1. The van der Waals surface area contributed by atoms with Crippen molar-refractivity contribution in [3.8, 4) is 0 Å². The first-order valence-corrected chi connectivity index (χ1v) is 9.24. The summed E-state index contributed by atoms with van der Waals surface area (Å²) in [6.07, 6.45) is -1.70. The van der Waals surface area contributed by atoms with Crippen LogP contribution >= 0.6 is 0 Å². The monoisotopic (exact) mass is 435 g/mol. The van der Waals surface area contributed by atoms with Crippen LogP contribution in [-0.2, 0) is 14.2 Å². The summed E-state index contributed by atoms with van der Waals surface area (Å²) in [5.41, 5.74) is 5.61. The largest absolute Gasteiger partial charge is 0.397 e. The summed E-state index contributed by atoms with van der Waals surface area (Å²) in [7, 11) is 1.40. The zero-order chi connectivity index (χ0) is 22.8. The molecule has 8 nitrogen and oxygen atoms in total. The van der Waals surface area contributed by atoms with E-state index in [2.05, 4.69) is 0 Å². The molecule has 5 atom stereocenters. The summed E-state index contributed by atoms with van der Waals surface area (Å²) < 4.78 is 57.2. The predicted molar refractivity (Wildman–Crippen MR) is 101 cm³/mol. The van der Waals surface area contributed by atoms with Crippen LogP contribution < -0.4 is 11.6 Å².